The van der Waals surface area contributed by atoms with Gasteiger partial charge in [0.15, 0.2) is 0 Å². The van der Waals surface area contributed by atoms with Crippen LogP contribution in [0, 0.1) is 0 Å². The maximum atomic E-state index is 4.46. The molecule has 3 nitrogen and oxygen atoms in total. The summed E-state index contributed by atoms with van der Waals surface area (Å²) in [7, 11) is 0. The molecule has 1 heterocycles. The number of hydrogen-bond donors (Lipinski definition) is 1. The Kier molecular flexibility index (Phi) is 4.03. The van der Waals surface area contributed by atoms with E-state index in [-0.39, 0.29) is 14.6 Å². The van der Waals surface area contributed by atoms with Crippen LogP contribution in [0.5, 0.6) is 0 Å². The van der Waals surface area contributed by atoms with E-state index in [4.69, 9.17) is 0 Å². The second-order valence-corrected chi connectivity index (χ2v) is 6.86. The van der Waals surface area contributed by atoms with Crippen molar-refractivity contribution < 1.29 is 0 Å². The Labute approximate surface area is 133 Å². The molecule has 1 N–H and O–H groups in total. The predicted molar refractivity (Wildman–Crippen MR) is 85.5 cm³/mol. The van der Waals surface area contributed by atoms with Crippen molar-refractivity contribution >= 4 is 63.5 Å². The quantitative estimate of drug-likeness (QED) is 0.554. The van der Waals surface area contributed by atoms with Gasteiger partial charge in [0, 0.05) is 0 Å². The number of anilines is 1. The van der Waals surface area contributed by atoms with Gasteiger partial charge in [0.1, 0.15) is 0 Å². The third kappa shape index (κ3) is 2.92. The minimum atomic E-state index is 0.0146. The average molecular weight is 446 g/mol. The third-order valence-electron chi connectivity index (χ3n) is 2.75. The van der Waals surface area contributed by atoms with Crippen LogP contribution in [0.4, 0.5) is 17.1 Å². The van der Waals surface area contributed by atoms with Crippen molar-refractivity contribution in [1.29, 1.82) is 0 Å². The molecular formula is C13H9Br2N3Se. The number of nitrogens with one attached hydrogen (secondary N) is 1. The van der Waals surface area contributed by atoms with Gasteiger partial charge in [-0.3, -0.25) is 0 Å². The Balaban J connectivity index is 1.78. The van der Waals surface area contributed by atoms with Crippen LogP contribution in [0.15, 0.2) is 53.3 Å². The fourth-order valence-electron chi connectivity index (χ4n) is 1.80. The number of hydrogen-bond acceptors (Lipinski definition) is 3. The summed E-state index contributed by atoms with van der Waals surface area (Å²) in [6, 6.07) is 12.3. The molecule has 19 heavy (non-hydrogen) atoms. The second kappa shape index (κ2) is 5.75. The molecule has 0 atom stereocenters. The summed E-state index contributed by atoms with van der Waals surface area (Å²) < 4.78 is 11.0. The van der Waals surface area contributed by atoms with E-state index < -0.39 is 0 Å². The van der Waals surface area contributed by atoms with Crippen LogP contribution in [0.25, 0.3) is 0 Å². The molecule has 6 heteroatoms. The first-order valence-corrected chi connectivity index (χ1v) is 8.75. The summed E-state index contributed by atoms with van der Waals surface area (Å²) in [4.78, 5) is 0. The first-order valence-electron chi connectivity index (χ1n) is 5.63. The van der Waals surface area contributed by atoms with Crippen molar-refractivity contribution in [2.24, 2.45) is 7.92 Å². The van der Waals surface area contributed by atoms with E-state index in [1.807, 2.05) is 24.3 Å². The van der Waals surface area contributed by atoms with Crippen LogP contribution in [0.2, 0.25) is 0 Å². The molecule has 1 aliphatic heterocycles. The average Bonchev–Trinajstić information content (AvgIpc) is 2.89. The van der Waals surface area contributed by atoms with Crippen molar-refractivity contribution in [2.45, 2.75) is 6.54 Å². The number of halogens is 2. The normalized spacial score (nSPS) is 12.1. The molecule has 0 saturated heterocycles. The summed E-state index contributed by atoms with van der Waals surface area (Å²) in [6.07, 6.45) is 0. The SMILES string of the molecule is Brc1ccc(CNc2cccc3c2N=[Se]=N3)cc1Br. The van der Waals surface area contributed by atoms with Crippen LogP contribution >= 0.6 is 31.9 Å². The van der Waals surface area contributed by atoms with Crippen LogP contribution in [-0.2, 0) is 6.54 Å². The van der Waals surface area contributed by atoms with E-state index in [9.17, 15) is 0 Å². The van der Waals surface area contributed by atoms with E-state index in [0.717, 1.165) is 32.6 Å². The molecule has 0 amide bonds. The van der Waals surface area contributed by atoms with Crippen LogP contribution in [0.3, 0.4) is 0 Å². The molecular weight excluding hydrogens is 437 g/mol. The maximum absolute atomic E-state index is 4.46. The molecule has 0 spiro atoms. The predicted octanol–water partition coefficient (Wildman–Crippen LogP) is 5.17. The van der Waals surface area contributed by atoms with E-state index in [0.29, 0.717) is 0 Å². The van der Waals surface area contributed by atoms with E-state index in [1.165, 1.54) is 5.56 Å². The van der Waals surface area contributed by atoms with Gasteiger partial charge in [-0.15, -0.1) is 0 Å². The molecule has 0 saturated carbocycles. The minimum absolute atomic E-state index is 0.0146. The van der Waals surface area contributed by atoms with Crippen LogP contribution in [0.1, 0.15) is 5.56 Å². The zero-order valence-corrected chi connectivity index (χ0v) is 14.6. The summed E-state index contributed by atoms with van der Waals surface area (Å²) in [5, 5.41) is 3.43. The van der Waals surface area contributed by atoms with Crippen LogP contribution in [-0.4, -0.2) is 14.6 Å². The standard InChI is InChI=1S/C13H9Br2N3Se/c14-9-5-4-8(6-10(9)15)7-16-11-2-1-3-12-13(11)18-19-17-12/h1-6,16H,7H2. The molecule has 2 aromatic rings. The summed E-state index contributed by atoms with van der Waals surface area (Å²) in [5.41, 5.74) is 4.27. The summed E-state index contributed by atoms with van der Waals surface area (Å²) in [6.45, 7) is 0.769. The van der Waals surface area contributed by atoms with Gasteiger partial charge in [0.05, 0.1) is 0 Å². The van der Waals surface area contributed by atoms with Gasteiger partial charge in [0.2, 0.25) is 0 Å². The molecule has 0 radical (unpaired) electrons. The van der Waals surface area contributed by atoms with Gasteiger partial charge in [-0.05, 0) is 0 Å². The Morgan fingerprint density at radius 1 is 1.05 bits per heavy atom. The molecule has 2 aromatic carbocycles. The Morgan fingerprint density at radius 2 is 1.95 bits per heavy atom. The monoisotopic (exact) mass is 445 g/mol. The number of fused-ring (bicyclic) bond motifs is 1. The zero-order valence-electron chi connectivity index (χ0n) is 9.73. The first-order chi connectivity index (χ1) is 9.24. The van der Waals surface area contributed by atoms with Crippen molar-refractivity contribution in [3.63, 3.8) is 0 Å². The first kappa shape index (κ1) is 13.3. The summed E-state index contributed by atoms with van der Waals surface area (Å²) in [5.74, 6) is 0. The van der Waals surface area contributed by atoms with Crippen molar-refractivity contribution in [3.8, 4) is 0 Å². The van der Waals surface area contributed by atoms with Crippen molar-refractivity contribution in [2.75, 3.05) is 5.32 Å². The van der Waals surface area contributed by atoms with Gasteiger partial charge in [-0.2, -0.15) is 0 Å². The van der Waals surface area contributed by atoms with Crippen LogP contribution < -0.4 is 5.32 Å². The van der Waals surface area contributed by atoms with Gasteiger partial charge in [0.25, 0.3) is 0 Å². The Morgan fingerprint density at radius 3 is 2.79 bits per heavy atom. The molecule has 3 rings (SSSR count). The fraction of sp³-hybridized carbons (Fsp3) is 0.0769. The Hall–Kier alpha value is -0.681. The van der Waals surface area contributed by atoms with E-state index in [1.54, 1.807) is 0 Å². The number of nitrogens with zero attached hydrogens (tertiary/aromatic N) is 2. The summed E-state index contributed by atoms with van der Waals surface area (Å²) >= 11 is 7.00. The van der Waals surface area contributed by atoms with Gasteiger partial charge in [-0.25, -0.2) is 0 Å². The third-order valence-corrected chi connectivity index (χ3v) is 5.77. The van der Waals surface area contributed by atoms with E-state index >= 15 is 0 Å². The number of benzene rings is 2. The Bertz CT molecular complexity index is 709. The molecule has 0 fully saturated rings. The molecule has 0 aromatic heterocycles. The van der Waals surface area contributed by atoms with Gasteiger partial charge in [-0.1, -0.05) is 0 Å². The molecule has 1 aliphatic rings. The van der Waals surface area contributed by atoms with E-state index in [2.05, 4.69) is 57.2 Å². The molecule has 0 bridgehead atoms. The number of rotatable bonds is 3. The van der Waals surface area contributed by atoms with Crippen molar-refractivity contribution in [1.82, 2.24) is 0 Å². The molecule has 96 valence electrons. The van der Waals surface area contributed by atoms with Gasteiger partial charge >= 0.3 is 134 Å². The second-order valence-electron chi connectivity index (χ2n) is 4.04. The topological polar surface area (TPSA) is 36.8 Å². The fourth-order valence-corrected chi connectivity index (χ4v) is 3.62. The van der Waals surface area contributed by atoms with Crippen molar-refractivity contribution in [3.05, 3.63) is 50.9 Å². The zero-order chi connectivity index (χ0) is 13.2. The molecule has 0 unspecified atom stereocenters. The van der Waals surface area contributed by atoms with Gasteiger partial charge < -0.3 is 0 Å². The molecule has 0 aliphatic carbocycles.